The molecule has 3 heterocycles. The molecule has 2 unspecified atom stereocenters. The minimum absolute atomic E-state index is 0.0556. The fraction of sp³-hybridized carbons (Fsp3) is 0.500. The zero-order chi connectivity index (χ0) is 19.1. The second-order valence-electron chi connectivity index (χ2n) is 7.52. The zero-order valence-electron chi connectivity index (χ0n) is 15.1. The van der Waals surface area contributed by atoms with Gasteiger partial charge >= 0.3 is 0 Å². The molecule has 9 heteroatoms. The highest BCUT2D eigenvalue weighted by Gasteiger charge is 2.46. The maximum atomic E-state index is 12.5. The number of sulfonamides is 1. The van der Waals surface area contributed by atoms with Crippen LogP contribution < -0.4 is 10.0 Å². The predicted octanol–water partition coefficient (Wildman–Crippen LogP) is 3.88. The number of nitrogens with zero attached hydrogens (tertiary/aromatic N) is 2. The number of thiazole rings is 1. The number of benzene rings is 1. The Kier molecular flexibility index (Phi) is 5.09. The van der Waals surface area contributed by atoms with Crippen molar-refractivity contribution in [2.75, 3.05) is 29.7 Å². The number of hydrogen-bond donors (Lipinski definition) is 2. The first-order valence-electron chi connectivity index (χ1n) is 9.09. The van der Waals surface area contributed by atoms with E-state index < -0.39 is 10.0 Å². The van der Waals surface area contributed by atoms with Gasteiger partial charge in [-0.2, -0.15) is 0 Å². The molecule has 2 fully saturated rings. The molecule has 0 radical (unpaired) electrons. The molecule has 146 valence electrons. The van der Waals surface area contributed by atoms with Crippen molar-refractivity contribution in [3.8, 4) is 0 Å². The number of halogens is 1. The summed E-state index contributed by atoms with van der Waals surface area (Å²) in [7, 11) is -3.75. The molecule has 2 aliphatic rings. The van der Waals surface area contributed by atoms with Gasteiger partial charge in [-0.15, -0.1) is 11.3 Å². The maximum absolute atomic E-state index is 12.5. The molecule has 1 aromatic heterocycles. The van der Waals surface area contributed by atoms with E-state index in [0.29, 0.717) is 5.13 Å². The van der Waals surface area contributed by atoms with Crippen molar-refractivity contribution >= 4 is 43.8 Å². The number of aromatic nitrogens is 1. The van der Waals surface area contributed by atoms with Gasteiger partial charge in [0.15, 0.2) is 5.13 Å². The summed E-state index contributed by atoms with van der Waals surface area (Å²) < 4.78 is 27.5. The highest BCUT2D eigenvalue weighted by Crippen LogP contribution is 2.41. The van der Waals surface area contributed by atoms with Gasteiger partial charge in [-0.1, -0.05) is 18.5 Å². The molecule has 4 rings (SSSR count). The summed E-state index contributed by atoms with van der Waals surface area (Å²) in [4.78, 5) is 6.61. The third-order valence-electron chi connectivity index (χ3n) is 5.50. The molecule has 2 aromatic rings. The van der Waals surface area contributed by atoms with Crippen LogP contribution in [0.4, 0.5) is 10.8 Å². The Hall–Kier alpha value is -1.35. The van der Waals surface area contributed by atoms with Crippen molar-refractivity contribution in [3.63, 3.8) is 0 Å². The molecule has 2 saturated heterocycles. The van der Waals surface area contributed by atoms with Gasteiger partial charge in [0.2, 0.25) is 0 Å². The Morgan fingerprint density at radius 3 is 3.04 bits per heavy atom. The van der Waals surface area contributed by atoms with Crippen LogP contribution in [0.1, 0.15) is 26.2 Å². The number of nitrogens with one attached hydrogen (secondary N) is 2. The van der Waals surface area contributed by atoms with E-state index in [1.807, 2.05) is 0 Å². The van der Waals surface area contributed by atoms with Crippen molar-refractivity contribution in [2.24, 2.45) is 5.92 Å². The van der Waals surface area contributed by atoms with Gasteiger partial charge in [-0.05, 0) is 49.9 Å². The van der Waals surface area contributed by atoms with Crippen molar-refractivity contribution in [1.82, 2.24) is 9.88 Å². The molecule has 2 aliphatic heterocycles. The highest BCUT2D eigenvalue weighted by atomic mass is 35.5. The van der Waals surface area contributed by atoms with Crippen LogP contribution in [0, 0.1) is 5.92 Å². The topological polar surface area (TPSA) is 74.3 Å². The summed E-state index contributed by atoms with van der Waals surface area (Å²) in [5, 5.41) is 5.72. The standard InChI is InChI=1S/C18H23ClN4O2S2/c1-13-10-18(5-2-7-23(18)11-13)12-21-14-3-4-16(15(19)9-14)27(24,25)22-17-20-6-8-26-17/h3-4,6,8-9,13,21H,2,5,7,10-12H2,1H3,(H,20,22). The maximum Gasteiger partial charge on any atom is 0.265 e. The first kappa shape index (κ1) is 19.0. The molecule has 0 aliphatic carbocycles. The molecule has 0 amide bonds. The van der Waals surface area contributed by atoms with E-state index in [0.717, 1.165) is 18.2 Å². The number of hydrogen-bond acceptors (Lipinski definition) is 6. The van der Waals surface area contributed by atoms with Gasteiger partial charge < -0.3 is 5.32 Å². The lowest BCUT2D eigenvalue weighted by molar-refractivity contribution is 0.209. The Labute approximate surface area is 169 Å². The first-order chi connectivity index (χ1) is 12.9. The molecular formula is C18H23ClN4O2S2. The third-order valence-corrected chi connectivity index (χ3v) is 8.14. The van der Waals surface area contributed by atoms with Crippen molar-refractivity contribution in [1.29, 1.82) is 0 Å². The molecule has 0 bridgehead atoms. The van der Waals surface area contributed by atoms with Crippen LogP contribution in [0.2, 0.25) is 5.02 Å². The SMILES string of the molecule is CC1CN2CCCC2(CNc2ccc(S(=O)(=O)Nc3nccs3)c(Cl)c2)C1. The van der Waals surface area contributed by atoms with Gasteiger partial charge in [0.05, 0.1) is 5.02 Å². The molecule has 0 spiro atoms. The smallest absolute Gasteiger partial charge is 0.265 e. The van der Waals surface area contributed by atoms with Crippen molar-refractivity contribution in [2.45, 2.75) is 36.6 Å². The fourth-order valence-electron chi connectivity index (χ4n) is 4.41. The van der Waals surface area contributed by atoms with E-state index in [1.165, 1.54) is 43.7 Å². The molecule has 1 aromatic carbocycles. The van der Waals surface area contributed by atoms with E-state index >= 15 is 0 Å². The quantitative estimate of drug-likeness (QED) is 0.733. The average Bonchev–Trinajstić information content (AvgIpc) is 3.28. The van der Waals surface area contributed by atoms with Gasteiger partial charge in [0.25, 0.3) is 10.0 Å². The zero-order valence-corrected chi connectivity index (χ0v) is 17.5. The van der Waals surface area contributed by atoms with Crippen LogP contribution >= 0.6 is 22.9 Å². The number of anilines is 2. The van der Waals surface area contributed by atoms with Gasteiger partial charge in [-0.25, -0.2) is 13.4 Å². The summed E-state index contributed by atoms with van der Waals surface area (Å²) in [6, 6.07) is 5.00. The molecule has 6 nitrogen and oxygen atoms in total. The monoisotopic (exact) mass is 426 g/mol. The van der Waals surface area contributed by atoms with Crippen molar-refractivity contribution < 1.29 is 8.42 Å². The Morgan fingerprint density at radius 1 is 1.44 bits per heavy atom. The lowest BCUT2D eigenvalue weighted by Crippen LogP contribution is -2.44. The molecule has 2 atom stereocenters. The van der Waals surface area contributed by atoms with Crippen LogP contribution in [-0.2, 0) is 10.0 Å². The van der Waals surface area contributed by atoms with Gasteiger partial charge in [0, 0.05) is 35.9 Å². The van der Waals surface area contributed by atoms with Crippen LogP contribution in [0.3, 0.4) is 0 Å². The lowest BCUT2D eigenvalue weighted by Gasteiger charge is -2.32. The first-order valence-corrected chi connectivity index (χ1v) is 11.8. The summed E-state index contributed by atoms with van der Waals surface area (Å²) in [6.07, 6.45) is 5.21. The normalized spacial score (nSPS) is 25.5. The van der Waals surface area contributed by atoms with Crippen LogP contribution in [0.15, 0.2) is 34.7 Å². The van der Waals surface area contributed by atoms with Crippen LogP contribution in [0.5, 0.6) is 0 Å². The average molecular weight is 427 g/mol. The largest absolute Gasteiger partial charge is 0.383 e. The number of rotatable bonds is 6. The van der Waals surface area contributed by atoms with Crippen LogP contribution in [0.25, 0.3) is 0 Å². The second kappa shape index (κ2) is 7.24. The number of fused-ring (bicyclic) bond motifs is 1. The van der Waals surface area contributed by atoms with E-state index in [9.17, 15) is 8.42 Å². The minimum atomic E-state index is -3.75. The summed E-state index contributed by atoms with van der Waals surface area (Å²) in [5.74, 6) is 0.722. The van der Waals surface area contributed by atoms with Crippen molar-refractivity contribution in [3.05, 3.63) is 34.8 Å². The summed E-state index contributed by atoms with van der Waals surface area (Å²) in [5.41, 5.74) is 1.07. The molecule has 0 saturated carbocycles. The van der Waals surface area contributed by atoms with Gasteiger partial charge in [0.1, 0.15) is 4.90 Å². The summed E-state index contributed by atoms with van der Waals surface area (Å²) >= 11 is 7.52. The second-order valence-corrected chi connectivity index (χ2v) is 10.5. The Bertz CT molecular complexity index is 919. The van der Waals surface area contributed by atoms with Crippen LogP contribution in [-0.4, -0.2) is 43.5 Å². The highest BCUT2D eigenvalue weighted by molar-refractivity contribution is 7.93. The fourth-order valence-corrected chi connectivity index (χ4v) is 6.75. The molecular weight excluding hydrogens is 404 g/mol. The van der Waals surface area contributed by atoms with E-state index in [1.54, 1.807) is 29.8 Å². The Morgan fingerprint density at radius 2 is 2.30 bits per heavy atom. The van der Waals surface area contributed by atoms with E-state index in [-0.39, 0.29) is 15.5 Å². The van der Waals surface area contributed by atoms with E-state index in [2.05, 4.69) is 26.8 Å². The molecule has 2 N–H and O–H groups in total. The Balaban J connectivity index is 1.47. The molecule has 27 heavy (non-hydrogen) atoms. The predicted molar refractivity (Wildman–Crippen MR) is 110 cm³/mol. The summed E-state index contributed by atoms with van der Waals surface area (Å²) in [6.45, 7) is 5.51. The van der Waals surface area contributed by atoms with Gasteiger partial charge in [-0.3, -0.25) is 9.62 Å². The lowest BCUT2D eigenvalue weighted by atomic mass is 9.90. The third kappa shape index (κ3) is 3.81. The minimum Gasteiger partial charge on any atom is -0.383 e. The van der Waals surface area contributed by atoms with E-state index in [4.69, 9.17) is 11.6 Å².